The van der Waals surface area contributed by atoms with Gasteiger partial charge in [0.15, 0.2) is 0 Å². The lowest BCUT2D eigenvalue weighted by molar-refractivity contribution is -0.0443. The summed E-state index contributed by atoms with van der Waals surface area (Å²) in [4.78, 5) is 18.0. The van der Waals surface area contributed by atoms with E-state index in [1.165, 1.54) is 0 Å². The number of hydrogen-bond donors (Lipinski definition) is 1. The van der Waals surface area contributed by atoms with Crippen LogP contribution in [0.1, 0.15) is 30.6 Å². The minimum Gasteiger partial charge on any atom is -0.375 e. The van der Waals surface area contributed by atoms with Crippen LogP contribution < -0.4 is 0 Å². The Morgan fingerprint density at radius 2 is 2.30 bits per heavy atom. The van der Waals surface area contributed by atoms with E-state index in [2.05, 4.69) is 11.9 Å². The van der Waals surface area contributed by atoms with Crippen LogP contribution in [0.25, 0.3) is 10.9 Å². The maximum absolute atomic E-state index is 12.9. The van der Waals surface area contributed by atoms with Crippen molar-refractivity contribution in [3.63, 3.8) is 0 Å². The Hall–Kier alpha value is -1.81. The van der Waals surface area contributed by atoms with E-state index < -0.39 is 0 Å². The van der Waals surface area contributed by atoms with Crippen molar-refractivity contribution in [3.05, 3.63) is 36.0 Å². The van der Waals surface area contributed by atoms with Crippen LogP contribution in [0.2, 0.25) is 0 Å². The number of nitrogens with zero attached hydrogens (tertiary/aromatic N) is 1. The van der Waals surface area contributed by atoms with Crippen molar-refractivity contribution in [3.8, 4) is 0 Å². The molecule has 2 atom stereocenters. The van der Waals surface area contributed by atoms with Crippen molar-refractivity contribution in [2.75, 3.05) is 13.2 Å². The SMILES string of the molecule is CCC1COC(C)CN1C(=O)c1cccc2[nH]ccc12. The summed E-state index contributed by atoms with van der Waals surface area (Å²) in [6, 6.07) is 7.97. The highest BCUT2D eigenvalue weighted by molar-refractivity contribution is 6.06. The Morgan fingerprint density at radius 1 is 1.45 bits per heavy atom. The standard InChI is InChI=1S/C16H20N2O2/c1-3-12-10-20-11(2)9-18(12)16(19)14-5-4-6-15-13(14)7-8-17-15/h4-8,11-12,17H,3,9-10H2,1-2H3. The van der Waals surface area contributed by atoms with Crippen molar-refractivity contribution >= 4 is 16.8 Å². The molecule has 1 aromatic carbocycles. The van der Waals surface area contributed by atoms with Crippen LogP contribution in [0.3, 0.4) is 0 Å². The van der Waals surface area contributed by atoms with E-state index in [4.69, 9.17) is 4.74 Å². The first kappa shape index (κ1) is 13.2. The molecule has 0 radical (unpaired) electrons. The molecule has 0 spiro atoms. The molecule has 1 aromatic heterocycles. The second-order valence-corrected chi connectivity index (χ2v) is 5.41. The van der Waals surface area contributed by atoms with E-state index in [0.717, 1.165) is 22.9 Å². The van der Waals surface area contributed by atoms with Crippen molar-refractivity contribution in [2.24, 2.45) is 0 Å². The molecule has 1 aliphatic rings. The average molecular weight is 272 g/mol. The molecule has 0 bridgehead atoms. The zero-order valence-corrected chi connectivity index (χ0v) is 11.9. The number of amides is 1. The van der Waals surface area contributed by atoms with Crippen molar-refractivity contribution in [1.82, 2.24) is 9.88 Å². The number of nitrogens with one attached hydrogen (secondary N) is 1. The molecule has 0 aliphatic carbocycles. The van der Waals surface area contributed by atoms with Gasteiger partial charge in [0.05, 0.1) is 18.8 Å². The van der Waals surface area contributed by atoms with Gasteiger partial charge in [0.2, 0.25) is 0 Å². The third-order valence-corrected chi connectivity index (χ3v) is 4.03. The third-order valence-electron chi connectivity index (χ3n) is 4.03. The molecule has 1 fully saturated rings. The first-order chi connectivity index (χ1) is 9.70. The highest BCUT2D eigenvalue weighted by Gasteiger charge is 2.30. The van der Waals surface area contributed by atoms with Gasteiger partial charge in [-0.2, -0.15) is 0 Å². The van der Waals surface area contributed by atoms with Crippen LogP contribution in [-0.4, -0.2) is 41.1 Å². The second-order valence-electron chi connectivity index (χ2n) is 5.41. The van der Waals surface area contributed by atoms with Gasteiger partial charge in [-0.1, -0.05) is 13.0 Å². The number of carbonyl (C=O) groups is 1. The molecule has 1 amide bonds. The Bertz CT molecular complexity index is 620. The molecule has 0 saturated carbocycles. The summed E-state index contributed by atoms with van der Waals surface area (Å²) in [5.41, 5.74) is 1.78. The molecular weight excluding hydrogens is 252 g/mol. The van der Waals surface area contributed by atoms with E-state index in [0.29, 0.717) is 13.2 Å². The number of benzene rings is 1. The zero-order chi connectivity index (χ0) is 14.1. The van der Waals surface area contributed by atoms with Gasteiger partial charge in [0, 0.05) is 29.2 Å². The Balaban J connectivity index is 1.96. The first-order valence-corrected chi connectivity index (χ1v) is 7.19. The molecule has 1 aliphatic heterocycles. The second kappa shape index (κ2) is 5.29. The summed E-state index contributed by atoms with van der Waals surface area (Å²) in [7, 11) is 0. The van der Waals surface area contributed by atoms with E-state index >= 15 is 0 Å². The molecular formula is C16H20N2O2. The topological polar surface area (TPSA) is 45.3 Å². The quantitative estimate of drug-likeness (QED) is 0.913. The van der Waals surface area contributed by atoms with E-state index in [9.17, 15) is 4.79 Å². The van der Waals surface area contributed by atoms with Gasteiger partial charge >= 0.3 is 0 Å². The number of morpholine rings is 1. The fourth-order valence-electron chi connectivity index (χ4n) is 2.86. The smallest absolute Gasteiger partial charge is 0.254 e. The number of aromatic amines is 1. The molecule has 2 aromatic rings. The lowest BCUT2D eigenvalue weighted by Gasteiger charge is -2.38. The fourth-order valence-corrected chi connectivity index (χ4v) is 2.86. The van der Waals surface area contributed by atoms with Crippen LogP contribution in [0.4, 0.5) is 0 Å². The number of rotatable bonds is 2. The van der Waals surface area contributed by atoms with Gasteiger partial charge < -0.3 is 14.6 Å². The number of H-pyrrole nitrogens is 1. The van der Waals surface area contributed by atoms with Gasteiger partial charge in [-0.25, -0.2) is 0 Å². The predicted octanol–water partition coefficient (Wildman–Crippen LogP) is 2.81. The number of ether oxygens (including phenoxy) is 1. The monoisotopic (exact) mass is 272 g/mol. The van der Waals surface area contributed by atoms with Gasteiger partial charge in [-0.05, 0) is 31.5 Å². The maximum Gasteiger partial charge on any atom is 0.254 e. The lowest BCUT2D eigenvalue weighted by Crippen LogP contribution is -2.51. The van der Waals surface area contributed by atoms with E-state index in [1.54, 1.807) is 0 Å². The summed E-state index contributed by atoms with van der Waals surface area (Å²) >= 11 is 0. The molecule has 1 N–H and O–H groups in total. The summed E-state index contributed by atoms with van der Waals surface area (Å²) in [6.07, 6.45) is 2.90. The molecule has 4 heteroatoms. The average Bonchev–Trinajstić information content (AvgIpc) is 2.94. The fraction of sp³-hybridized carbons (Fsp3) is 0.438. The highest BCUT2D eigenvalue weighted by atomic mass is 16.5. The van der Waals surface area contributed by atoms with Gasteiger partial charge in [0.1, 0.15) is 0 Å². The maximum atomic E-state index is 12.9. The Kier molecular flexibility index (Phi) is 3.49. The minimum atomic E-state index is 0.104. The summed E-state index contributed by atoms with van der Waals surface area (Å²) < 4.78 is 5.67. The Labute approximate surface area is 118 Å². The molecule has 106 valence electrons. The van der Waals surface area contributed by atoms with Crippen LogP contribution in [0.15, 0.2) is 30.5 Å². The van der Waals surface area contributed by atoms with Gasteiger partial charge in [0.25, 0.3) is 5.91 Å². The van der Waals surface area contributed by atoms with Crippen molar-refractivity contribution < 1.29 is 9.53 Å². The molecule has 20 heavy (non-hydrogen) atoms. The molecule has 1 saturated heterocycles. The minimum absolute atomic E-state index is 0.104. The predicted molar refractivity (Wildman–Crippen MR) is 78.8 cm³/mol. The first-order valence-electron chi connectivity index (χ1n) is 7.19. The van der Waals surface area contributed by atoms with Crippen LogP contribution in [-0.2, 0) is 4.74 Å². The molecule has 2 unspecified atom stereocenters. The summed E-state index contributed by atoms with van der Waals surface area (Å²) in [6.45, 7) is 5.41. The largest absolute Gasteiger partial charge is 0.375 e. The lowest BCUT2D eigenvalue weighted by atomic mass is 10.1. The number of carbonyl (C=O) groups excluding carboxylic acids is 1. The third kappa shape index (κ3) is 2.20. The van der Waals surface area contributed by atoms with Gasteiger partial charge in [-0.3, -0.25) is 4.79 Å². The van der Waals surface area contributed by atoms with E-state index in [-0.39, 0.29) is 18.1 Å². The summed E-state index contributed by atoms with van der Waals surface area (Å²) in [5.74, 6) is 0.109. The zero-order valence-electron chi connectivity index (χ0n) is 11.9. The van der Waals surface area contributed by atoms with Crippen LogP contribution >= 0.6 is 0 Å². The highest BCUT2D eigenvalue weighted by Crippen LogP contribution is 2.23. The summed E-state index contributed by atoms with van der Waals surface area (Å²) in [5, 5.41) is 0.992. The van der Waals surface area contributed by atoms with E-state index in [1.807, 2.05) is 42.3 Å². The number of fused-ring (bicyclic) bond motifs is 1. The molecule has 4 nitrogen and oxygen atoms in total. The van der Waals surface area contributed by atoms with Crippen molar-refractivity contribution in [1.29, 1.82) is 0 Å². The Morgan fingerprint density at radius 3 is 3.10 bits per heavy atom. The van der Waals surface area contributed by atoms with Crippen LogP contribution in [0, 0.1) is 0 Å². The van der Waals surface area contributed by atoms with Gasteiger partial charge in [-0.15, -0.1) is 0 Å². The normalized spacial score (nSPS) is 23.2. The number of aromatic nitrogens is 1. The van der Waals surface area contributed by atoms with Crippen molar-refractivity contribution in [2.45, 2.75) is 32.4 Å². The number of hydrogen-bond acceptors (Lipinski definition) is 2. The molecule has 3 rings (SSSR count). The molecule has 2 heterocycles. The van der Waals surface area contributed by atoms with Crippen LogP contribution in [0.5, 0.6) is 0 Å².